The Morgan fingerprint density at radius 3 is 3.00 bits per heavy atom. The number of nitrogens with one attached hydrogen (secondary N) is 1. The summed E-state index contributed by atoms with van der Waals surface area (Å²) in [7, 11) is 0. The van der Waals surface area contributed by atoms with Crippen molar-refractivity contribution in [1.82, 2.24) is 14.9 Å². The average molecular weight is 349 g/mol. The highest BCUT2D eigenvalue weighted by Crippen LogP contribution is 2.25. The van der Waals surface area contributed by atoms with E-state index < -0.39 is 0 Å². The van der Waals surface area contributed by atoms with Gasteiger partial charge in [-0.2, -0.15) is 0 Å². The maximum Gasteiger partial charge on any atom is 0.245 e. The van der Waals surface area contributed by atoms with Gasteiger partial charge >= 0.3 is 0 Å². The number of carbonyl (C=O) groups is 1. The zero-order valence-corrected chi connectivity index (χ0v) is 14.7. The molecule has 1 N–H and O–H groups in total. The van der Waals surface area contributed by atoms with E-state index in [0.717, 1.165) is 10.9 Å². The number of benzene rings is 1. The molecule has 6 nitrogen and oxygen atoms in total. The summed E-state index contributed by atoms with van der Waals surface area (Å²) in [6.07, 6.45) is 1.60. The summed E-state index contributed by atoms with van der Waals surface area (Å²) in [5.74, 6) is 0.672. The van der Waals surface area contributed by atoms with Crippen LogP contribution in [0.2, 0.25) is 5.02 Å². The van der Waals surface area contributed by atoms with Gasteiger partial charge in [0.05, 0.1) is 17.7 Å². The van der Waals surface area contributed by atoms with Crippen molar-refractivity contribution in [3.8, 4) is 0 Å². The number of aromatic nitrogens is 2. The summed E-state index contributed by atoms with van der Waals surface area (Å²) in [4.78, 5) is 22.9. The van der Waals surface area contributed by atoms with Crippen molar-refractivity contribution in [3.05, 3.63) is 29.5 Å². The van der Waals surface area contributed by atoms with Gasteiger partial charge in [-0.1, -0.05) is 11.6 Å². The number of rotatable bonds is 5. The first-order valence-corrected chi connectivity index (χ1v) is 8.48. The number of anilines is 1. The molecule has 0 unspecified atom stereocenters. The molecule has 1 amide bonds. The van der Waals surface area contributed by atoms with Crippen LogP contribution in [0, 0.1) is 0 Å². The summed E-state index contributed by atoms with van der Waals surface area (Å²) < 4.78 is 5.59. The molecular weight excluding hydrogens is 328 g/mol. The number of ether oxygens (including phenoxy) is 1. The Morgan fingerprint density at radius 1 is 1.50 bits per heavy atom. The minimum absolute atomic E-state index is 0.0409. The first kappa shape index (κ1) is 16.9. The van der Waals surface area contributed by atoms with E-state index in [4.69, 9.17) is 16.3 Å². The van der Waals surface area contributed by atoms with Gasteiger partial charge in [-0.15, -0.1) is 0 Å². The number of hydrogen-bond acceptors (Lipinski definition) is 5. The molecule has 0 aliphatic carbocycles. The third-order valence-electron chi connectivity index (χ3n) is 4.39. The maximum absolute atomic E-state index is 12.6. The van der Waals surface area contributed by atoms with Crippen LogP contribution in [-0.4, -0.2) is 52.1 Å². The molecule has 128 valence electrons. The van der Waals surface area contributed by atoms with E-state index >= 15 is 0 Å². The van der Waals surface area contributed by atoms with Crippen LogP contribution in [0.5, 0.6) is 0 Å². The molecule has 0 saturated carbocycles. The fourth-order valence-electron chi connectivity index (χ4n) is 2.93. The van der Waals surface area contributed by atoms with Crippen molar-refractivity contribution in [3.63, 3.8) is 0 Å². The Bertz CT molecular complexity index is 754. The van der Waals surface area contributed by atoms with Gasteiger partial charge in [0, 0.05) is 23.6 Å². The minimum atomic E-state index is -0.385. The van der Waals surface area contributed by atoms with Crippen molar-refractivity contribution in [1.29, 1.82) is 0 Å². The van der Waals surface area contributed by atoms with Gasteiger partial charge in [0.2, 0.25) is 5.91 Å². The van der Waals surface area contributed by atoms with Crippen LogP contribution < -0.4 is 5.32 Å². The standard InChI is InChI=1S/C17H21ClN4O2/c1-4-24-15-8-22(11(15)3)17(23)10(2)21-16-13-6-5-12(18)7-14(13)19-9-20-16/h5-7,9-11,15H,4,8H2,1-3H3,(H,19,20,21)/t10-,11+,15+/m1/s1. The summed E-state index contributed by atoms with van der Waals surface area (Å²) in [6, 6.07) is 5.14. The van der Waals surface area contributed by atoms with E-state index in [0.29, 0.717) is 24.0 Å². The topological polar surface area (TPSA) is 67.3 Å². The van der Waals surface area contributed by atoms with Crippen LogP contribution in [0.15, 0.2) is 24.5 Å². The normalized spacial score (nSPS) is 21.4. The van der Waals surface area contributed by atoms with Crippen molar-refractivity contribution >= 4 is 34.2 Å². The second-order valence-electron chi connectivity index (χ2n) is 5.97. The van der Waals surface area contributed by atoms with E-state index in [1.54, 1.807) is 12.1 Å². The second kappa shape index (κ2) is 6.91. The van der Waals surface area contributed by atoms with Gasteiger partial charge in [0.25, 0.3) is 0 Å². The third-order valence-corrected chi connectivity index (χ3v) is 4.63. The van der Waals surface area contributed by atoms with Crippen LogP contribution >= 0.6 is 11.6 Å². The predicted molar refractivity (Wildman–Crippen MR) is 94.2 cm³/mol. The SMILES string of the molecule is CCO[C@H]1CN(C(=O)[C@@H](C)Nc2ncnc3cc(Cl)ccc23)[C@H]1C. The second-order valence-corrected chi connectivity index (χ2v) is 6.41. The monoisotopic (exact) mass is 348 g/mol. The van der Waals surface area contributed by atoms with E-state index in [1.807, 2.05) is 31.7 Å². The number of nitrogens with zero attached hydrogens (tertiary/aromatic N) is 3. The molecule has 7 heteroatoms. The molecule has 3 rings (SSSR count). The van der Waals surface area contributed by atoms with Crippen LogP contribution in [0.3, 0.4) is 0 Å². The van der Waals surface area contributed by atoms with E-state index in [-0.39, 0.29) is 24.1 Å². The van der Waals surface area contributed by atoms with Crippen molar-refractivity contribution < 1.29 is 9.53 Å². The number of halogens is 1. The highest BCUT2D eigenvalue weighted by Gasteiger charge is 2.40. The van der Waals surface area contributed by atoms with Gasteiger partial charge in [0.15, 0.2) is 0 Å². The largest absolute Gasteiger partial charge is 0.375 e. The molecule has 1 aromatic carbocycles. The maximum atomic E-state index is 12.6. The van der Waals surface area contributed by atoms with Crippen LogP contribution in [0.4, 0.5) is 5.82 Å². The molecule has 1 aliphatic heterocycles. The average Bonchev–Trinajstić information content (AvgIpc) is 2.57. The van der Waals surface area contributed by atoms with Gasteiger partial charge in [-0.05, 0) is 39.0 Å². The number of hydrogen-bond donors (Lipinski definition) is 1. The Kier molecular flexibility index (Phi) is 4.87. The first-order valence-electron chi connectivity index (χ1n) is 8.10. The fourth-order valence-corrected chi connectivity index (χ4v) is 3.10. The summed E-state index contributed by atoms with van der Waals surface area (Å²) in [5.41, 5.74) is 0.744. The Morgan fingerprint density at radius 2 is 2.29 bits per heavy atom. The molecule has 1 aliphatic rings. The third kappa shape index (κ3) is 3.16. The lowest BCUT2D eigenvalue weighted by molar-refractivity contribution is -0.155. The Hall–Kier alpha value is -1.92. The van der Waals surface area contributed by atoms with Crippen LogP contribution in [0.25, 0.3) is 10.9 Å². The number of carbonyl (C=O) groups excluding carboxylic acids is 1. The molecular formula is C17H21ClN4O2. The zero-order valence-electron chi connectivity index (χ0n) is 14.0. The molecule has 24 heavy (non-hydrogen) atoms. The predicted octanol–water partition coefficient (Wildman–Crippen LogP) is 2.72. The number of amides is 1. The highest BCUT2D eigenvalue weighted by molar-refractivity contribution is 6.31. The lowest BCUT2D eigenvalue weighted by atomic mass is 9.99. The molecule has 3 atom stereocenters. The molecule has 0 bridgehead atoms. The molecule has 1 fully saturated rings. The molecule has 0 spiro atoms. The smallest absolute Gasteiger partial charge is 0.245 e. The number of fused-ring (bicyclic) bond motifs is 1. The van der Waals surface area contributed by atoms with Crippen LogP contribution in [-0.2, 0) is 9.53 Å². The summed E-state index contributed by atoms with van der Waals surface area (Å²) in [5, 5.41) is 4.65. The summed E-state index contributed by atoms with van der Waals surface area (Å²) >= 11 is 6.00. The van der Waals surface area contributed by atoms with Crippen molar-refractivity contribution in [2.45, 2.75) is 39.0 Å². The molecule has 1 aromatic heterocycles. The van der Waals surface area contributed by atoms with E-state index in [2.05, 4.69) is 15.3 Å². The van der Waals surface area contributed by atoms with E-state index in [9.17, 15) is 4.79 Å². The van der Waals surface area contributed by atoms with Crippen molar-refractivity contribution in [2.75, 3.05) is 18.5 Å². The first-order chi connectivity index (χ1) is 11.5. The Labute approximate surface area is 146 Å². The van der Waals surface area contributed by atoms with Gasteiger partial charge in [-0.25, -0.2) is 9.97 Å². The van der Waals surface area contributed by atoms with Crippen molar-refractivity contribution in [2.24, 2.45) is 0 Å². The lowest BCUT2D eigenvalue weighted by Gasteiger charge is -2.46. The molecule has 2 heterocycles. The van der Waals surface area contributed by atoms with E-state index in [1.165, 1.54) is 6.33 Å². The molecule has 0 radical (unpaired) electrons. The zero-order chi connectivity index (χ0) is 17.3. The fraction of sp³-hybridized carbons (Fsp3) is 0.471. The van der Waals surface area contributed by atoms with Gasteiger partial charge in [0.1, 0.15) is 18.2 Å². The molecule has 2 aromatic rings. The lowest BCUT2D eigenvalue weighted by Crippen LogP contribution is -2.64. The summed E-state index contributed by atoms with van der Waals surface area (Å²) in [6.45, 7) is 7.12. The van der Waals surface area contributed by atoms with Gasteiger partial charge in [-0.3, -0.25) is 4.79 Å². The quantitative estimate of drug-likeness (QED) is 0.899. The Balaban J connectivity index is 1.71. The highest BCUT2D eigenvalue weighted by atomic mass is 35.5. The van der Waals surface area contributed by atoms with Gasteiger partial charge < -0.3 is 15.0 Å². The number of likely N-dealkylation sites (tertiary alicyclic amines) is 1. The molecule has 1 saturated heterocycles. The minimum Gasteiger partial charge on any atom is -0.375 e. The van der Waals surface area contributed by atoms with Crippen LogP contribution in [0.1, 0.15) is 20.8 Å².